The van der Waals surface area contributed by atoms with E-state index in [-0.39, 0.29) is 18.2 Å². The second-order valence-electron chi connectivity index (χ2n) is 3.20. The molecule has 1 heterocycles. The molecule has 0 aliphatic carbocycles. The van der Waals surface area contributed by atoms with Crippen molar-refractivity contribution >= 4 is 23.9 Å². The predicted octanol–water partition coefficient (Wildman–Crippen LogP) is 2.23. The predicted molar refractivity (Wildman–Crippen MR) is 66.8 cm³/mol. The van der Waals surface area contributed by atoms with Crippen molar-refractivity contribution < 1.29 is 4.42 Å². The van der Waals surface area contributed by atoms with Crippen molar-refractivity contribution in [2.24, 2.45) is 5.73 Å². The molecule has 0 fully saturated rings. The number of nitrogen functional groups attached to an aromatic ring is 2. The zero-order valence-electron chi connectivity index (χ0n) is 8.44. The molecule has 0 spiro atoms. The van der Waals surface area contributed by atoms with Gasteiger partial charge in [0.2, 0.25) is 0 Å². The normalized spacial score (nSPS) is 9.50. The van der Waals surface area contributed by atoms with Gasteiger partial charge in [-0.2, -0.15) is 0 Å². The summed E-state index contributed by atoms with van der Waals surface area (Å²) in [6.07, 6.45) is 0. The maximum absolute atomic E-state index is 7.21. The lowest BCUT2D eigenvalue weighted by Crippen LogP contribution is -2.09. The van der Waals surface area contributed by atoms with Crippen LogP contribution >= 0.6 is 12.4 Å². The molecule has 2 rings (SSSR count). The molecule has 5 N–H and O–H groups in total. The average molecular weight is 238 g/mol. The number of furan rings is 1. The van der Waals surface area contributed by atoms with Crippen molar-refractivity contribution in [3.8, 4) is 11.3 Å². The highest BCUT2D eigenvalue weighted by atomic mass is 35.5. The monoisotopic (exact) mass is 237 g/mol. The Morgan fingerprint density at radius 3 is 2.19 bits per heavy atom. The summed E-state index contributed by atoms with van der Waals surface area (Å²) in [5, 5.41) is 7.21. The SMILES string of the molecule is Cl.N=C(N)c1ccc(-c2ccc(N)cc2)o1. The summed E-state index contributed by atoms with van der Waals surface area (Å²) >= 11 is 0. The van der Waals surface area contributed by atoms with Gasteiger partial charge in [-0.3, -0.25) is 5.41 Å². The van der Waals surface area contributed by atoms with E-state index in [2.05, 4.69) is 0 Å². The Hall–Kier alpha value is -1.94. The molecular formula is C11H12ClN3O. The molecule has 4 nitrogen and oxygen atoms in total. The van der Waals surface area contributed by atoms with E-state index in [0.29, 0.717) is 17.2 Å². The fraction of sp³-hybridized carbons (Fsp3) is 0. The number of benzene rings is 1. The van der Waals surface area contributed by atoms with Crippen molar-refractivity contribution in [2.45, 2.75) is 0 Å². The van der Waals surface area contributed by atoms with E-state index in [0.717, 1.165) is 5.56 Å². The lowest BCUT2D eigenvalue weighted by atomic mass is 10.1. The minimum Gasteiger partial charge on any atom is -0.453 e. The van der Waals surface area contributed by atoms with Gasteiger partial charge in [-0.1, -0.05) is 0 Å². The number of rotatable bonds is 2. The maximum atomic E-state index is 7.21. The molecule has 0 saturated carbocycles. The number of hydrogen-bond acceptors (Lipinski definition) is 3. The topological polar surface area (TPSA) is 89.0 Å². The van der Waals surface area contributed by atoms with Gasteiger partial charge in [0.1, 0.15) is 5.76 Å². The molecule has 0 atom stereocenters. The molecule has 1 aromatic heterocycles. The first-order valence-corrected chi connectivity index (χ1v) is 4.47. The number of halogens is 1. The summed E-state index contributed by atoms with van der Waals surface area (Å²) in [7, 11) is 0. The number of anilines is 1. The Morgan fingerprint density at radius 2 is 1.69 bits per heavy atom. The van der Waals surface area contributed by atoms with Crippen LogP contribution < -0.4 is 11.5 Å². The standard InChI is InChI=1S/C11H11N3O.ClH/c12-8-3-1-7(2-4-8)9-5-6-10(15-9)11(13)14;/h1-6H,12H2,(H3,13,14);1H. The first kappa shape index (κ1) is 12.1. The lowest BCUT2D eigenvalue weighted by Gasteiger charge is -1.97. The van der Waals surface area contributed by atoms with Crippen LogP contribution in [0.1, 0.15) is 5.76 Å². The minimum atomic E-state index is -0.0725. The van der Waals surface area contributed by atoms with E-state index in [1.54, 1.807) is 24.3 Å². The van der Waals surface area contributed by atoms with Crippen molar-refractivity contribution in [1.82, 2.24) is 0 Å². The number of hydrogen-bond donors (Lipinski definition) is 3. The smallest absolute Gasteiger partial charge is 0.168 e. The van der Waals surface area contributed by atoms with E-state index in [9.17, 15) is 0 Å². The van der Waals surface area contributed by atoms with Crippen molar-refractivity contribution in [3.63, 3.8) is 0 Å². The van der Waals surface area contributed by atoms with Crippen LogP contribution in [-0.2, 0) is 0 Å². The fourth-order valence-corrected chi connectivity index (χ4v) is 1.29. The molecule has 0 bridgehead atoms. The van der Waals surface area contributed by atoms with Crippen molar-refractivity contribution in [3.05, 3.63) is 42.2 Å². The summed E-state index contributed by atoms with van der Waals surface area (Å²) in [6.45, 7) is 0. The Balaban J connectivity index is 0.00000128. The first-order chi connectivity index (χ1) is 7.16. The van der Waals surface area contributed by atoms with Gasteiger partial charge < -0.3 is 15.9 Å². The van der Waals surface area contributed by atoms with E-state index in [1.165, 1.54) is 0 Å². The third-order valence-electron chi connectivity index (χ3n) is 2.07. The fourth-order valence-electron chi connectivity index (χ4n) is 1.29. The molecule has 2 aromatic rings. The van der Waals surface area contributed by atoms with Crippen LogP contribution in [0.2, 0.25) is 0 Å². The quantitative estimate of drug-likeness (QED) is 0.425. The van der Waals surface area contributed by atoms with Crippen molar-refractivity contribution in [1.29, 1.82) is 5.41 Å². The highest BCUT2D eigenvalue weighted by Gasteiger charge is 2.05. The Morgan fingerprint density at radius 1 is 1.06 bits per heavy atom. The van der Waals surface area contributed by atoms with Crippen LogP contribution in [0.4, 0.5) is 5.69 Å². The van der Waals surface area contributed by atoms with Gasteiger partial charge in [0.05, 0.1) is 0 Å². The Bertz CT molecular complexity index is 490. The molecule has 0 aliphatic heterocycles. The molecule has 0 aliphatic rings. The third kappa shape index (κ3) is 2.35. The lowest BCUT2D eigenvalue weighted by molar-refractivity contribution is 0.571. The first-order valence-electron chi connectivity index (χ1n) is 4.47. The van der Waals surface area contributed by atoms with Crippen molar-refractivity contribution in [2.75, 3.05) is 5.73 Å². The number of nitrogens with two attached hydrogens (primary N) is 2. The zero-order chi connectivity index (χ0) is 10.8. The van der Waals surface area contributed by atoms with Crippen LogP contribution in [0, 0.1) is 5.41 Å². The van der Waals surface area contributed by atoms with Crippen LogP contribution in [0.5, 0.6) is 0 Å². The summed E-state index contributed by atoms with van der Waals surface area (Å²) in [5.74, 6) is 0.985. The number of amidine groups is 1. The molecular weight excluding hydrogens is 226 g/mol. The van der Waals surface area contributed by atoms with Gasteiger partial charge in [-0.25, -0.2) is 0 Å². The molecule has 0 radical (unpaired) electrons. The van der Waals surface area contributed by atoms with Gasteiger partial charge in [-0.15, -0.1) is 12.4 Å². The summed E-state index contributed by atoms with van der Waals surface area (Å²) < 4.78 is 5.38. The molecule has 16 heavy (non-hydrogen) atoms. The van der Waals surface area contributed by atoms with Crippen LogP contribution in [0.15, 0.2) is 40.8 Å². The van der Waals surface area contributed by atoms with E-state index in [4.69, 9.17) is 21.3 Å². The summed E-state index contributed by atoms with van der Waals surface area (Å²) in [4.78, 5) is 0. The molecule has 84 valence electrons. The van der Waals surface area contributed by atoms with Gasteiger partial charge in [0, 0.05) is 11.3 Å². The van der Waals surface area contributed by atoms with Crippen LogP contribution in [0.3, 0.4) is 0 Å². The summed E-state index contributed by atoms with van der Waals surface area (Å²) in [5.41, 5.74) is 12.5. The van der Waals surface area contributed by atoms with Gasteiger partial charge in [0.15, 0.2) is 11.6 Å². The zero-order valence-corrected chi connectivity index (χ0v) is 9.25. The Labute approximate surface area is 99.2 Å². The van der Waals surface area contributed by atoms with Gasteiger partial charge >= 0.3 is 0 Å². The second-order valence-corrected chi connectivity index (χ2v) is 3.20. The Kier molecular flexibility index (Phi) is 3.58. The minimum absolute atomic E-state index is 0. The number of nitrogens with one attached hydrogen (secondary N) is 1. The average Bonchev–Trinajstić information content (AvgIpc) is 2.68. The second kappa shape index (κ2) is 4.72. The van der Waals surface area contributed by atoms with Crippen LogP contribution in [0.25, 0.3) is 11.3 Å². The molecule has 5 heteroatoms. The largest absolute Gasteiger partial charge is 0.453 e. The van der Waals surface area contributed by atoms with E-state index in [1.807, 2.05) is 12.1 Å². The maximum Gasteiger partial charge on any atom is 0.168 e. The van der Waals surface area contributed by atoms with E-state index < -0.39 is 0 Å². The highest BCUT2D eigenvalue weighted by Crippen LogP contribution is 2.22. The molecule has 0 amide bonds. The molecule has 0 unspecified atom stereocenters. The molecule has 0 saturated heterocycles. The highest BCUT2D eigenvalue weighted by molar-refractivity contribution is 5.92. The third-order valence-corrected chi connectivity index (χ3v) is 2.07. The van der Waals surface area contributed by atoms with Gasteiger partial charge in [-0.05, 0) is 36.4 Å². The summed E-state index contributed by atoms with van der Waals surface area (Å²) in [6, 6.07) is 10.8. The van der Waals surface area contributed by atoms with Gasteiger partial charge in [0.25, 0.3) is 0 Å². The van der Waals surface area contributed by atoms with E-state index >= 15 is 0 Å². The molecule has 1 aromatic carbocycles. The van der Waals surface area contributed by atoms with Crippen LogP contribution in [-0.4, -0.2) is 5.84 Å².